The van der Waals surface area contributed by atoms with Crippen LogP contribution in [0.1, 0.15) is 29.6 Å². The number of hydrogen-bond donors (Lipinski definition) is 1. The van der Waals surface area contributed by atoms with Crippen molar-refractivity contribution in [2.45, 2.75) is 25.3 Å². The fourth-order valence-corrected chi connectivity index (χ4v) is 3.00. The Labute approximate surface area is 116 Å². The van der Waals surface area contributed by atoms with E-state index in [9.17, 15) is 4.79 Å². The summed E-state index contributed by atoms with van der Waals surface area (Å²) in [7, 11) is 1.98. The number of nitrogens with one attached hydrogen (secondary N) is 1. The van der Waals surface area contributed by atoms with Gasteiger partial charge in [-0.2, -0.15) is 0 Å². The monoisotopic (exact) mass is 275 g/mol. The summed E-state index contributed by atoms with van der Waals surface area (Å²) >= 11 is 1.62. The molecule has 1 amide bonds. The molecule has 4 nitrogen and oxygen atoms in total. The summed E-state index contributed by atoms with van der Waals surface area (Å²) in [6.45, 7) is 0. The van der Waals surface area contributed by atoms with Gasteiger partial charge in [0.15, 0.2) is 0 Å². The standard InChI is InChI=1S/C14H17N3OS/c1-17-7-6-15-14(17)13(10-4-5-10)16-12(18)9-11-3-2-8-19-11/h2-3,6-8,10,13H,4-5,9H2,1H3,(H,16,18)/t13-/m1/s1. The van der Waals surface area contributed by atoms with E-state index in [4.69, 9.17) is 0 Å². The van der Waals surface area contributed by atoms with Gasteiger partial charge in [-0.15, -0.1) is 11.3 Å². The van der Waals surface area contributed by atoms with Gasteiger partial charge in [-0.3, -0.25) is 4.79 Å². The molecule has 1 N–H and O–H groups in total. The first-order chi connectivity index (χ1) is 9.24. The number of aryl methyl sites for hydroxylation is 1. The number of imidazole rings is 1. The quantitative estimate of drug-likeness (QED) is 0.910. The number of thiophene rings is 1. The van der Waals surface area contributed by atoms with Crippen molar-refractivity contribution in [1.82, 2.24) is 14.9 Å². The van der Waals surface area contributed by atoms with Crippen molar-refractivity contribution in [1.29, 1.82) is 0 Å². The van der Waals surface area contributed by atoms with Crippen molar-refractivity contribution in [3.8, 4) is 0 Å². The summed E-state index contributed by atoms with van der Waals surface area (Å²) in [4.78, 5) is 17.6. The largest absolute Gasteiger partial charge is 0.346 e. The van der Waals surface area contributed by atoms with Crippen LogP contribution in [0.2, 0.25) is 0 Å². The van der Waals surface area contributed by atoms with E-state index < -0.39 is 0 Å². The number of nitrogens with zero attached hydrogens (tertiary/aromatic N) is 2. The van der Waals surface area contributed by atoms with E-state index in [1.807, 2.05) is 35.3 Å². The topological polar surface area (TPSA) is 46.9 Å². The third-order valence-corrected chi connectivity index (χ3v) is 4.34. The van der Waals surface area contributed by atoms with E-state index in [1.165, 1.54) is 12.8 Å². The molecule has 1 fully saturated rings. The molecule has 3 rings (SSSR count). The van der Waals surface area contributed by atoms with Gasteiger partial charge in [0.25, 0.3) is 0 Å². The molecule has 0 radical (unpaired) electrons. The Balaban J connectivity index is 1.68. The lowest BCUT2D eigenvalue weighted by Crippen LogP contribution is -2.32. The molecule has 0 spiro atoms. The van der Waals surface area contributed by atoms with Crippen molar-refractivity contribution in [3.05, 3.63) is 40.6 Å². The minimum absolute atomic E-state index is 0.0625. The fourth-order valence-electron chi connectivity index (χ4n) is 2.30. The molecule has 5 heteroatoms. The van der Waals surface area contributed by atoms with Gasteiger partial charge in [0.1, 0.15) is 5.82 Å². The van der Waals surface area contributed by atoms with Crippen LogP contribution >= 0.6 is 11.3 Å². The van der Waals surface area contributed by atoms with Gasteiger partial charge >= 0.3 is 0 Å². The lowest BCUT2D eigenvalue weighted by Gasteiger charge is -2.17. The van der Waals surface area contributed by atoms with E-state index in [-0.39, 0.29) is 11.9 Å². The molecule has 1 saturated carbocycles. The summed E-state index contributed by atoms with van der Waals surface area (Å²) in [5.74, 6) is 1.60. The van der Waals surface area contributed by atoms with Crippen LogP contribution in [0.15, 0.2) is 29.9 Å². The minimum Gasteiger partial charge on any atom is -0.346 e. The van der Waals surface area contributed by atoms with Gasteiger partial charge in [0, 0.05) is 24.3 Å². The van der Waals surface area contributed by atoms with Crippen molar-refractivity contribution < 1.29 is 4.79 Å². The lowest BCUT2D eigenvalue weighted by atomic mass is 10.1. The Morgan fingerprint density at radius 3 is 3.05 bits per heavy atom. The highest BCUT2D eigenvalue weighted by Crippen LogP contribution is 2.40. The molecule has 2 aromatic heterocycles. The van der Waals surface area contributed by atoms with Crippen LogP contribution in [-0.4, -0.2) is 15.5 Å². The highest BCUT2D eigenvalue weighted by atomic mass is 32.1. The Morgan fingerprint density at radius 2 is 2.47 bits per heavy atom. The fraction of sp³-hybridized carbons (Fsp3) is 0.429. The number of carbonyl (C=O) groups excluding carboxylic acids is 1. The first kappa shape index (κ1) is 12.4. The van der Waals surface area contributed by atoms with Crippen LogP contribution < -0.4 is 5.32 Å². The highest BCUT2D eigenvalue weighted by molar-refractivity contribution is 7.10. The van der Waals surface area contributed by atoms with Crippen molar-refractivity contribution in [2.24, 2.45) is 13.0 Å². The van der Waals surface area contributed by atoms with Crippen LogP contribution in [-0.2, 0) is 18.3 Å². The molecule has 19 heavy (non-hydrogen) atoms. The zero-order chi connectivity index (χ0) is 13.2. The second kappa shape index (κ2) is 5.17. The number of amides is 1. The molecule has 0 bridgehead atoms. The third kappa shape index (κ3) is 2.87. The Bertz CT molecular complexity index is 557. The Morgan fingerprint density at radius 1 is 1.63 bits per heavy atom. The molecule has 100 valence electrons. The highest BCUT2D eigenvalue weighted by Gasteiger charge is 2.35. The van der Waals surface area contributed by atoms with E-state index in [0.29, 0.717) is 12.3 Å². The average molecular weight is 275 g/mol. The predicted octanol–water partition coefficient (Wildman–Crippen LogP) is 2.29. The Hall–Kier alpha value is -1.62. The van der Waals surface area contributed by atoms with Crippen molar-refractivity contribution >= 4 is 17.2 Å². The second-order valence-electron chi connectivity index (χ2n) is 5.04. The second-order valence-corrected chi connectivity index (χ2v) is 6.07. The maximum absolute atomic E-state index is 12.1. The van der Waals surface area contributed by atoms with E-state index >= 15 is 0 Å². The van der Waals surface area contributed by atoms with Crippen LogP contribution in [0.3, 0.4) is 0 Å². The molecule has 0 aromatic carbocycles. The summed E-state index contributed by atoms with van der Waals surface area (Å²) in [5, 5.41) is 5.14. The van der Waals surface area contributed by atoms with Gasteiger partial charge in [0.05, 0.1) is 12.5 Å². The molecule has 1 aliphatic carbocycles. The molecule has 1 aliphatic rings. The van der Waals surface area contributed by atoms with Gasteiger partial charge in [0.2, 0.25) is 5.91 Å². The number of hydrogen-bond acceptors (Lipinski definition) is 3. The number of carbonyl (C=O) groups is 1. The molecule has 2 aromatic rings. The van der Waals surface area contributed by atoms with Crippen LogP contribution in [0.25, 0.3) is 0 Å². The SMILES string of the molecule is Cn1ccnc1[C@H](NC(=O)Cc1cccs1)C1CC1. The average Bonchev–Trinajstić information content (AvgIpc) is 2.94. The molecule has 1 atom stereocenters. The first-order valence-electron chi connectivity index (χ1n) is 6.53. The lowest BCUT2D eigenvalue weighted by molar-refractivity contribution is -0.121. The van der Waals surface area contributed by atoms with Crippen molar-refractivity contribution in [3.63, 3.8) is 0 Å². The van der Waals surface area contributed by atoms with E-state index in [2.05, 4.69) is 10.3 Å². The summed E-state index contributed by atoms with van der Waals surface area (Å²) < 4.78 is 1.99. The van der Waals surface area contributed by atoms with Gasteiger partial charge < -0.3 is 9.88 Å². The van der Waals surface area contributed by atoms with E-state index in [0.717, 1.165) is 10.7 Å². The van der Waals surface area contributed by atoms with Gasteiger partial charge in [-0.05, 0) is 30.2 Å². The number of rotatable bonds is 5. The molecule has 2 heterocycles. The van der Waals surface area contributed by atoms with Crippen molar-refractivity contribution in [2.75, 3.05) is 0 Å². The number of aromatic nitrogens is 2. The molecule has 0 unspecified atom stereocenters. The Kier molecular flexibility index (Phi) is 3.38. The molecular weight excluding hydrogens is 258 g/mol. The normalized spacial score (nSPS) is 16.3. The van der Waals surface area contributed by atoms with Gasteiger partial charge in [-0.1, -0.05) is 6.07 Å². The molecular formula is C14H17N3OS. The molecule has 0 aliphatic heterocycles. The maximum atomic E-state index is 12.1. The smallest absolute Gasteiger partial charge is 0.225 e. The zero-order valence-electron chi connectivity index (χ0n) is 10.9. The maximum Gasteiger partial charge on any atom is 0.225 e. The van der Waals surface area contributed by atoms with Crippen LogP contribution in [0, 0.1) is 5.92 Å². The summed E-state index contributed by atoms with van der Waals surface area (Å²) in [6.07, 6.45) is 6.53. The zero-order valence-corrected chi connectivity index (χ0v) is 11.7. The van der Waals surface area contributed by atoms with Crippen LogP contribution in [0.4, 0.5) is 0 Å². The van der Waals surface area contributed by atoms with Crippen LogP contribution in [0.5, 0.6) is 0 Å². The first-order valence-corrected chi connectivity index (χ1v) is 7.41. The predicted molar refractivity (Wildman–Crippen MR) is 74.8 cm³/mol. The molecule has 0 saturated heterocycles. The summed E-state index contributed by atoms with van der Waals surface area (Å²) in [6, 6.07) is 4.04. The third-order valence-electron chi connectivity index (χ3n) is 3.46. The van der Waals surface area contributed by atoms with Gasteiger partial charge in [-0.25, -0.2) is 4.98 Å². The minimum atomic E-state index is 0.0625. The van der Waals surface area contributed by atoms with E-state index in [1.54, 1.807) is 17.5 Å². The summed E-state index contributed by atoms with van der Waals surface area (Å²) in [5.41, 5.74) is 0.